The highest BCUT2D eigenvalue weighted by molar-refractivity contribution is 5.80. The molecule has 2 saturated heterocycles. The molecule has 2 aliphatic rings. The lowest BCUT2D eigenvalue weighted by Crippen LogP contribution is -2.51. The molecule has 0 aliphatic carbocycles. The van der Waals surface area contributed by atoms with Crippen LogP contribution in [0.2, 0.25) is 0 Å². The fourth-order valence-electron chi connectivity index (χ4n) is 4.89. The number of amides is 1. The standard InChI is InChI=1S/C26H31N5O3/c1-33-21-9-7-20(8-10-21)29-15-17-31(18-16-29)26(32)19-11-13-30(14-12-19)24-25(34-2)28-23-6-4-3-5-22(23)27-24/h3-10,19H,11-18H2,1-2H3. The number of anilines is 2. The predicted molar refractivity (Wildman–Crippen MR) is 133 cm³/mol. The molecule has 0 spiro atoms. The Morgan fingerprint density at radius 3 is 2.06 bits per heavy atom. The summed E-state index contributed by atoms with van der Waals surface area (Å²) < 4.78 is 10.8. The Hall–Kier alpha value is -3.55. The van der Waals surface area contributed by atoms with E-state index in [1.807, 2.05) is 41.3 Å². The number of carbonyl (C=O) groups excluding carboxylic acids is 1. The highest BCUT2D eigenvalue weighted by Crippen LogP contribution is 2.31. The van der Waals surface area contributed by atoms with Crippen molar-refractivity contribution in [3.8, 4) is 11.6 Å². The van der Waals surface area contributed by atoms with Crippen LogP contribution in [0.1, 0.15) is 12.8 Å². The summed E-state index contributed by atoms with van der Waals surface area (Å²) in [6, 6.07) is 15.9. The van der Waals surface area contributed by atoms with Crippen LogP contribution in [0.3, 0.4) is 0 Å². The summed E-state index contributed by atoms with van der Waals surface area (Å²) in [7, 11) is 3.31. The monoisotopic (exact) mass is 461 g/mol. The average Bonchev–Trinajstić information content (AvgIpc) is 2.92. The van der Waals surface area contributed by atoms with Crippen molar-refractivity contribution in [2.45, 2.75) is 12.8 Å². The number of hydrogen-bond acceptors (Lipinski definition) is 7. The number of piperazine rings is 1. The van der Waals surface area contributed by atoms with Crippen LogP contribution in [-0.4, -0.2) is 74.3 Å². The van der Waals surface area contributed by atoms with E-state index in [9.17, 15) is 4.79 Å². The van der Waals surface area contributed by atoms with E-state index in [1.54, 1.807) is 14.2 Å². The van der Waals surface area contributed by atoms with Crippen molar-refractivity contribution in [2.24, 2.45) is 5.92 Å². The van der Waals surface area contributed by atoms with Crippen LogP contribution in [0.4, 0.5) is 11.5 Å². The molecule has 0 unspecified atom stereocenters. The van der Waals surface area contributed by atoms with Crippen LogP contribution >= 0.6 is 0 Å². The third-order valence-electron chi connectivity index (χ3n) is 6.89. The summed E-state index contributed by atoms with van der Waals surface area (Å²) in [5.74, 6) is 2.50. The number of fused-ring (bicyclic) bond motifs is 1. The van der Waals surface area contributed by atoms with Crippen molar-refractivity contribution < 1.29 is 14.3 Å². The normalized spacial score (nSPS) is 17.2. The van der Waals surface area contributed by atoms with Gasteiger partial charge in [0.15, 0.2) is 5.82 Å². The highest BCUT2D eigenvalue weighted by Gasteiger charge is 2.32. The Labute approximate surface area is 200 Å². The number of methoxy groups -OCH3 is 2. The molecule has 8 heteroatoms. The first-order valence-electron chi connectivity index (χ1n) is 11.9. The third-order valence-corrected chi connectivity index (χ3v) is 6.89. The van der Waals surface area contributed by atoms with Gasteiger partial charge < -0.3 is 24.2 Å². The Morgan fingerprint density at radius 1 is 0.794 bits per heavy atom. The van der Waals surface area contributed by atoms with Gasteiger partial charge in [0.1, 0.15) is 5.75 Å². The number of para-hydroxylation sites is 2. The summed E-state index contributed by atoms with van der Waals surface area (Å²) in [6.07, 6.45) is 1.63. The number of benzene rings is 2. The molecule has 34 heavy (non-hydrogen) atoms. The van der Waals surface area contributed by atoms with Crippen molar-refractivity contribution in [3.05, 3.63) is 48.5 Å². The first-order valence-corrected chi connectivity index (χ1v) is 11.9. The van der Waals surface area contributed by atoms with Crippen molar-refractivity contribution in [1.82, 2.24) is 14.9 Å². The number of ether oxygens (including phenoxy) is 2. The second-order valence-electron chi connectivity index (χ2n) is 8.82. The molecule has 1 aromatic heterocycles. The molecule has 0 radical (unpaired) electrons. The minimum absolute atomic E-state index is 0.0585. The predicted octanol–water partition coefficient (Wildman–Crippen LogP) is 3.21. The first-order chi connectivity index (χ1) is 16.7. The molecule has 0 N–H and O–H groups in total. The molecule has 0 saturated carbocycles. The molecular formula is C26H31N5O3. The third kappa shape index (κ3) is 4.44. The molecule has 3 aromatic rings. The van der Waals surface area contributed by atoms with E-state index in [1.165, 1.54) is 5.69 Å². The molecule has 0 bridgehead atoms. The summed E-state index contributed by atoms with van der Waals surface area (Å²) in [5, 5.41) is 0. The maximum absolute atomic E-state index is 13.2. The quantitative estimate of drug-likeness (QED) is 0.578. The topological polar surface area (TPSA) is 71.0 Å². The zero-order chi connectivity index (χ0) is 23.5. The van der Waals surface area contributed by atoms with Crippen molar-refractivity contribution in [1.29, 1.82) is 0 Å². The fraction of sp³-hybridized carbons (Fsp3) is 0.423. The lowest BCUT2D eigenvalue weighted by molar-refractivity contribution is -0.136. The Bertz CT molecular complexity index is 1140. The van der Waals surface area contributed by atoms with E-state index in [-0.39, 0.29) is 11.8 Å². The van der Waals surface area contributed by atoms with Crippen LogP contribution in [0, 0.1) is 5.92 Å². The van der Waals surface area contributed by atoms with Crippen LogP contribution in [0.25, 0.3) is 11.0 Å². The van der Waals surface area contributed by atoms with Gasteiger partial charge in [0.2, 0.25) is 5.91 Å². The smallest absolute Gasteiger partial charge is 0.257 e. The molecule has 2 fully saturated rings. The number of piperidine rings is 1. The van der Waals surface area contributed by atoms with Gasteiger partial charge in [-0.15, -0.1) is 0 Å². The molecule has 5 rings (SSSR count). The number of rotatable bonds is 5. The van der Waals surface area contributed by atoms with Gasteiger partial charge >= 0.3 is 0 Å². The van der Waals surface area contributed by atoms with E-state index in [0.717, 1.165) is 74.7 Å². The van der Waals surface area contributed by atoms with Gasteiger partial charge in [-0.25, -0.2) is 9.97 Å². The number of nitrogens with zero attached hydrogens (tertiary/aromatic N) is 5. The van der Waals surface area contributed by atoms with Gasteiger partial charge in [0, 0.05) is 50.9 Å². The zero-order valence-electron chi connectivity index (χ0n) is 19.8. The van der Waals surface area contributed by atoms with Gasteiger partial charge in [-0.2, -0.15) is 0 Å². The van der Waals surface area contributed by atoms with Gasteiger partial charge in [-0.3, -0.25) is 4.79 Å². The van der Waals surface area contributed by atoms with Gasteiger partial charge in [0.25, 0.3) is 5.88 Å². The van der Waals surface area contributed by atoms with E-state index >= 15 is 0 Å². The minimum Gasteiger partial charge on any atom is -0.497 e. The lowest BCUT2D eigenvalue weighted by atomic mass is 9.95. The maximum atomic E-state index is 13.2. The van der Waals surface area contributed by atoms with Gasteiger partial charge in [-0.1, -0.05) is 12.1 Å². The Kier molecular flexibility index (Phi) is 6.38. The lowest BCUT2D eigenvalue weighted by Gasteiger charge is -2.39. The van der Waals surface area contributed by atoms with Crippen molar-refractivity contribution >= 4 is 28.4 Å². The van der Waals surface area contributed by atoms with Crippen molar-refractivity contribution in [3.63, 3.8) is 0 Å². The molecule has 8 nitrogen and oxygen atoms in total. The molecule has 2 aliphatic heterocycles. The molecule has 2 aromatic carbocycles. The summed E-state index contributed by atoms with van der Waals surface area (Å²) in [4.78, 5) is 29.2. The van der Waals surface area contributed by atoms with E-state index in [0.29, 0.717) is 5.88 Å². The highest BCUT2D eigenvalue weighted by atomic mass is 16.5. The molecule has 0 atom stereocenters. The summed E-state index contributed by atoms with van der Waals surface area (Å²) in [6.45, 7) is 4.75. The largest absolute Gasteiger partial charge is 0.497 e. The second-order valence-corrected chi connectivity index (χ2v) is 8.82. The van der Waals surface area contributed by atoms with E-state index < -0.39 is 0 Å². The number of hydrogen-bond donors (Lipinski definition) is 0. The fourth-order valence-corrected chi connectivity index (χ4v) is 4.89. The van der Waals surface area contributed by atoms with E-state index in [2.05, 4.69) is 26.9 Å². The molecule has 1 amide bonds. The molecule has 178 valence electrons. The molecular weight excluding hydrogens is 430 g/mol. The Balaban J connectivity index is 1.18. The van der Waals surface area contributed by atoms with Crippen LogP contribution in [-0.2, 0) is 4.79 Å². The maximum Gasteiger partial charge on any atom is 0.257 e. The second kappa shape index (κ2) is 9.75. The number of aromatic nitrogens is 2. The van der Waals surface area contributed by atoms with Crippen LogP contribution in [0.5, 0.6) is 11.6 Å². The van der Waals surface area contributed by atoms with E-state index in [4.69, 9.17) is 14.5 Å². The first kappa shape index (κ1) is 22.3. The molecule has 3 heterocycles. The van der Waals surface area contributed by atoms with Gasteiger partial charge in [-0.05, 0) is 49.2 Å². The SMILES string of the molecule is COc1ccc(N2CCN(C(=O)C3CCN(c4nc5ccccc5nc4OC)CC3)CC2)cc1. The van der Waals surface area contributed by atoms with Crippen LogP contribution < -0.4 is 19.3 Å². The average molecular weight is 462 g/mol. The number of carbonyl (C=O) groups is 1. The summed E-state index contributed by atoms with van der Waals surface area (Å²) >= 11 is 0. The van der Waals surface area contributed by atoms with Crippen molar-refractivity contribution in [2.75, 3.05) is 63.3 Å². The Morgan fingerprint density at radius 2 is 1.44 bits per heavy atom. The minimum atomic E-state index is 0.0585. The van der Waals surface area contributed by atoms with Crippen LogP contribution in [0.15, 0.2) is 48.5 Å². The summed E-state index contributed by atoms with van der Waals surface area (Å²) in [5.41, 5.74) is 2.85. The zero-order valence-corrected chi connectivity index (χ0v) is 19.8. The van der Waals surface area contributed by atoms with Gasteiger partial charge in [0.05, 0.1) is 25.3 Å².